The third kappa shape index (κ3) is 2.82. The molecule has 0 saturated heterocycles. The van der Waals surface area contributed by atoms with Crippen molar-refractivity contribution in [1.82, 2.24) is 4.72 Å². The van der Waals surface area contributed by atoms with Crippen molar-refractivity contribution in [3.05, 3.63) is 47.2 Å². The Hall–Kier alpha value is -2.29. The van der Waals surface area contributed by atoms with Gasteiger partial charge in [-0.3, -0.25) is 4.72 Å². The molecule has 0 fully saturated rings. The number of halogens is 2. The number of rotatable bonds is 2. The van der Waals surface area contributed by atoms with Crippen molar-refractivity contribution in [2.75, 3.05) is 7.11 Å². The van der Waals surface area contributed by atoms with Crippen LogP contribution in [0.4, 0.5) is 8.78 Å². The van der Waals surface area contributed by atoms with Gasteiger partial charge in [-0.25, -0.2) is 13.6 Å². The highest BCUT2D eigenvalue weighted by Gasteiger charge is 2.24. The number of hydrogen-bond donors (Lipinski definition) is 1. The highest BCUT2D eigenvalue weighted by molar-refractivity contribution is 7.88. The third-order valence-electron chi connectivity index (χ3n) is 2.36. The van der Waals surface area contributed by atoms with Gasteiger partial charge >= 0.3 is 16.2 Å². The predicted octanol–water partition coefficient (Wildman–Crippen LogP) is 0.659. The van der Waals surface area contributed by atoms with Crippen LogP contribution >= 0.6 is 0 Å². The maximum atomic E-state index is 13.1. The first kappa shape index (κ1) is 14.1. The maximum absolute atomic E-state index is 13.1. The van der Waals surface area contributed by atoms with Crippen molar-refractivity contribution in [2.24, 2.45) is 4.40 Å². The van der Waals surface area contributed by atoms with Crippen LogP contribution in [0, 0.1) is 11.6 Å². The molecule has 1 aliphatic rings. The maximum Gasteiger partial charge on any atom is 0.355 e. The first-order valence-corrected chi connectivity index (χ1v) is 6.64. The highest BCUT2D eigenvalue weighted by Crippen LogP contribution is 2.15. The molecule has 0 aliphatic carbocycles. The molecule has 20 heavy (non-hydrogen) atoms. The number of esters is 1. The van der Waals surface area contributed by atoms with E-state index in [9.17, 15) is 22.0 Å². The molecular weight excluding hydrogens is 294 g/mol. The number of carbonyl (C=O) groups is 1. The molecule has 0 saturated carbocycles. The Kier molecular flexibility index (Phi) is 3.53. The summed E-state index contributed by atoms with van der Waals surface area (Å²) in [7, 11) is -3.08. The van der Waals surface area contributed by atoms with Gasteiger partial charge in [0.15, 0.2) is 11.6 Å². The van der Waals surface area contributed by atoms with Crippen molar-refractivity contribution in [3.8, 4) is 0 Å². The summed E-state index contributed by atoms with van der Waals surface area (Å²) < 4.78 is 58.6. The van der Waals surface area contributed by atoms with E-state index in [0.29, 0.717) is 0 Å². The number of methoxy groups -OCH3 is 1. The standard InChI is InChI=1S/C11H8F2N2O4S/c1-19-11(16)10-5-9(14-20(17,18)15-10)6-2-3-7(12)8(13)4-6/h2-5,15H,1H3. The molecule has 1 aromatic rings. The lowest BCUT2D eigenvalue weighted by Crippen LogP contribution is -2.31. The molecule has 0 amide bonds. The second kappa shape index (κ2) is 5.00. The van der Waals surface area contributed by atoms with Crippen molar-refractivity contribution >= 4 is 21.9 Å². The molecule has 0 atom stereocenters. The molecular formula is C11H8F2N2O4S. The molecule has 2 rings (SSSR count). The van der Waals surface area contributed by atoms with Gasteiger partial charge in [-0.05, 0) is 24.3 Å². The Morgan fingerprint density at radius 2 is 2.00 bits per heavy atom. The van der Waals surface area contributed by atoms with Crippen LogP contribution in [0.25, 0.3) is 0 Å². The van der Waals surface area contributed by atoms with Gasteiger partial charge in [0.2, 0.25) is 0 Å². The molecule has 1 aliphatic heterocycles. The smallest absolute Gasteiger partial charge is 0.355 e. The monoisotopic (exact) mass is 302 g/mol. The minimum atomic E-state index is -4.15. The Labute approximate surface area is 113 Å². The Balaban J connectivity index is 2.53. The van der Waals surface area contributed by atoms with Gasteiger partial charge in [-0.1, -0.05) is 0 Å². The lowest BCUT2D eigenvalue weighted by Gasteiger charge is -2.13. The van der Waals surface area contributed by atoms with E-state index in [4.69, 9.17) is 0 Å². The van der Waals surface area contributed by atoms with Crippen LogP contribution in [-0.4, -0.2) is 27.2 Å². The largest absolute Gasteiger partial charge is 0.464 e. The van der Waals surface area contributed by atoms with Crippen molar-refractivity contribution < 1.29 is 26.7 Å². The second-order valence-electron chi connectivity index (χ2n) is 3.73. The van der Waals surface area contributed by atoms with E-state index < -0.39 is 27.8 Å². The van der Waals surface area contributed by atoms with Crippen LogP contribution in [0.1, 0.15) is 5.56 Å². The van der Waals surface area contributed by atoms with E-state index in [1.165, 1.54) is 0 Å². The van der Waals surface area contributed by atoms with Crippen molar-refractivity contribution in [3.63, 3.8) is 0 Å². The summed E-state index contributed by atoms with van der Waals surface area (Å²) in [5.74, 6) is -3.17. The number of hydrogen-bond acceptors (Lipinski definition) is 4. The van der Waals surface area contributed by atoms with Crippen LogP contribution in [-0.2, 0) is 19.7 Å². The number of allylic oxidation sites excluding steroid dienone is 1. The average Bonchev–Trinajstić information content (AvgIpc) is 2.39. The zero-order valence-electron chi connectivity index (χ0n) is 10.1. The van der Waals surface area contributed by atoms with Gasteiger partial charge in [-0.15, -0.1) is 4.40 Å². The average molecular weight is 302 g/mol. The minimum absolute atomic E-state index is 0.00961. The Morgan fingerprint density at radius 3 is 2.60 bits per heavy atom. The van der Waals surface area contributed by atoms with E-state index in [1.807, 2.05) is 4.72 Å². The Bertz CT molecular complexity index is 741. The molecule has 106 valence electrons. The molecule has 0 bridgehead atoms. The summed E-state index contributed by atoms with van der Waals surface area (Å²) in [5, 5.41) is 0. The lowest BCUT2D eigenvalue weighted by molar-refractivity contribution is -0.136. The van der Waals surface area contributed by atoms with E-state index in [1.54, 1.807) is 0 Å². The molecule has 0 aromatic heterocycles. The number of nitrogens with one attached hydrogen (secondary N) is 1. The van der Waals surface area contributed by atoms with E-state index in [2.05, 4.69) is 9.13 Å². The van der Waals surface area contributed by atoms with Crippen LogP contribution in [0.3, 0.4) is 0 Å². The fourth-order valence-corrected chi connectivity index (χ4v) is 2.37. The topological polar surface area (TPSA) is 84.8 Å². The lowest BCUT2D eigenvalue weighted by atomic mass is 10.1. The summed E-state index contributed by atoms with van der Waals surface area (Å²) in [5.41, 5.74) is -0.569. The van der Waals surface area contributed by atoms with Crippen LogP contribution in [0.15, 0.2) is 34.4 Å². The number of nitrogens with zero attached hydrogens (tertiary/aromatic N) is 1. The van der Waals surface area contributed by atoms with Gasteiger partial charge in [0.05, 0.1) is 12.8 Å². The van der Waals surface area contributed by atoms with Gasteiger partial charge in [0.1, 0.15) is 5.70 Å². The van der Waals surface area contributed by atoms with Gasteiger partial charge in [0.25, 0.3) is 0 Å². The fourth-order valence-electron chi connectivity index (χ4n) is 1.49. The summed E-state index contributed by atoms with van der Waals surface area (Å²) >= 11 is 0. The molecule has 0 radical (unpaired) electrons. The van der Waals surface area contributed by atoms with Gasteiger partial charge < -0.3 is 4.74 Å². The van der Waals surface area contributed by atoms with Crippen LogP contribution in [0.2, 0.25) is 0 Å². The SMILES string of the molecule is COC(=O)C1=CC(c2ccc(F)c(F)c2)=NS(=O)(=O)N1. The van der Waals surface area contributed by atoms with Crippen molar-refractivity contribution in [2.45, 2.75) is 0 Å². The van der Waals surface area contributed by atoms with Gasteiger partial charge in [-0.2, -0.15) is 8.42 Å². The highest BCUT2D eigenvalue weighted by atomic mass is 32.2. The number of benzene rings is 1. The summed E-state index contributed by atoms with van der Waals surface area (Å²) in [4.78, 5) is 11.3. The fraction of sp³-hybridized carbons (Fsp3) is 0.0909. The molecule has 1 heterocycles. The predicted molar refractivity (Wildman–Crippen MR) is 65.0 cm³/mol. The minimum Gasteiger partial charge on any atom is -0.464 e. The second-order valence-corrected chi connectivity index (χ2v) is 5.07. The normalized spacial score (nSPS) is 16.8. The first-order chi connectivity index (χ1) is 9.32. The Morgan fingerprint density at radius 1 is 1.30 bits per heavy atom. The molecule has 9 heteroatoms. The number of ether oxygens (including phenoxy) is 1. The summed E-state index contributed by atoms with van der Waals surface area (Å²) in [6.07, 6.45) is 1.07. The summed E-state index contributed by atoms with van der Waals surface area (Å²) in [6, 6.07) is 2.75. The molecule has 1 N–H and O–H groups in total. The van der Waals surface area contributed by atoms with E-state index >= 15 is 0 Å². The molecule has 1 aromatic carbocycles. The summed E-state index contributed by atoms with van der Waals surface area (Å²) in [6.45, 7) is 0. The van der Waals surface area contributed by atoms with Crippen molar-refractivity contribution in [1.29, 1.82) is 0 Å². The van der Waals surface area contributed by atoms with Gasteiger partial charge in [0, 0.05) is 5.56 Å². The first-order valence-electron chi connectivity index (χ1n) is 5.20. The van der Waals surface area contributed by atoms with E-state index in [0.717, 1.165) is 31.4 Å². The van der Waals surface area contributed by atoms with Crippen LogP contribution < -0.4 is 4.72 Å². The van der Waals surface area contributed by atoms with Crippen LogP contribution in [0.5, 0.6) is 0 Å². The zero-order valence-corrected chi connectivity index (χ0v) is 10.9. The molecule has 6 nitrogen and oxygen atoms in total. The van der Waals surface area contributed by atoms with E-state index in [-0.39, 0.29) is 17.0 Å². The molecule has 0 unspecified atom stereocenters. The zero-order chi connectivity index (χ0) is 14.9. The number of carbonyl (C=O) groups excluding carboxylic acids is 1. The quantitative estimate of drug-likeness (QED) is 0.813. The molecule has 0 spiro atoms. The third-order valence-corrected chi connectivity index (χ3v) is 3.27.